The SMILES string of the molecule is CCNC(=NCCCc1c[nH]c2ccccc12)N1CCN(C(=O)c2ccco2)CC1. The number of amides is 1. The Morgan fingerprint density at radius 2 is 1.93 bits per heavy atom. The van der Waals surface area contributed by atoms with Crippen LogP contribution in [0.2, 0.25) is 0 Å². The van der Waals surface area contributed by atoms with Gasteiger partial charge in [0.05, 0.1) is 6.26 Å². The van der Waals surface area contributed by atoms with Crippen molar-refractivity contribution < 1.29 is 9.21 Å². The van der Waals surface area contributed by atoms with E-state index in [9.17, 15) is 4.79 Å². The van der Waals surface area contributed by atoms with E-state index in [1.165, 1.54) is 22.7 Å². The van der Waals surface area contributed by atoms with Crippen LogP contribution in [0.3, 0.4) is 0 Å². The summed E-state index contributed by atoms with van der Waals surface area (Å²) in [5.74, 6) is 1.29. The van der Waals surface area contributed by atoms with Gasteiger partial charge in [-0.3, -0.25) is 9.79 Å². The molecule has 2 N–H and O–H groups in total. The van der Waals surface area contributed by atoms with Crippen LogP contribution >= 0.6 is 0 Å². The summed E-state index contributed by atoms with van der Waals surface area (Å²) in [6.07, 6.45) is 5.64. The zero-order chi connectivity index (χ0) is 20.8. The van der Waals surface area contributed by atoms with E-state index < -0.39 is 0 Å². The van der Waals surface area contributed by atoms with Gasteiger partial charge >= 0.3 is 0 Å². The number of piperazine rings is 1. The Morgan fingerprint density at radius 3 is 2.70 bits per heavy atom. The Hall–Kier alpha value is -3.22. The first-order valence-corrected chi connectivity index (χ1v) is 10.7. The molecule has 0 bridgehead atoms. The van der Waals surface area contributed by atoms with Crippen molar-refractivity contribution in [2.75, 3.05) is 39.3 Å². The molecule has 0 saturated carbocycles. The number of aromatic nitrogens is 1. The van der Waals surface area contributed by atoms with Gasteiger partial charge in [-0.1, -0.05) is 18.2 Å². The van der Waals surface area contributed by atoms with Gasteiger partial charge in [0.2, 0.25) is 0 Å². The third kappa shape index (κ3) is 4.50. The maximum absolute atomic E-state index is 12.4. The number of hydrogen-bond acceptors (Lipinski definition) is 3. The third-order valence-corrected chi connectivity index (χ3v) is 5.47. The van der Waals surface area contributed by atoms with Crippen LogP contribution in [-0.2, 0) is 6.42 Å². The fourth-order valence-corrected chi connectivity index (χ4v) is 3.90. The number of nitrogens with one attached hydrogen (secondary N) is 2. The minimum atomic E-state index is -0.0414. The fraction of sp³-hybridized carbons (Fsp3) is 0.391. The van der Waals surface area contributed by atoms with Gasteiger partial charge in [-0.05, 0) is 43.5 Å². The van der Waals surface area contributed by atoms with Gasteiger partial charge in [-0.25, -0.2) is 0 Å². The lowest BCUT2D eigenvalue weighted by Crippen LogP contribution is -2.53. The molecular weight excluding hydrogens is 378 g/mol. The van der Waals surface area contributed by atoms with E-state index in [0.717, 1.165) is 45.0 Å². The second kappa shape index (κ2) is 9.52. The second-order valence-electron chi connectivity index (χ2n) is 7.46. The number of hydrogen-bond donors (Lipinski definition) is 2. The molecule has 1 amide bonds. The molecule has 1 aromatic carbocycles. The number of nitrogens with zero attached hydrogens (tertiary/aromatic N) is 3. The molecule has 30 heavy (non-hydrogen) atoms. The average molecular weight is 408 g/mol. The molecule has 158 valence electrons. The van der Waals surface area contributed by atoms with Crippen molar-refractivity contribution in [3.63, 3.8) is 0 Å². The molecule has 3 heterocycles. The van der Waals surface area contributed by atoms with Crippen LogP contribution in [0, 0.1) is 0 Å². The predicted molar refractivity (Wildman–Crippen MR) is 119 cm³/mol. The fourth-order valence-electron chi connectivity index (χ4n) is 3.90. The van der Waals surface area contributed by atoms with E-state index in [1.54, 1.807) is 12.1 Å². The Bertz CT molecular complexity index is 984. The highest BCUT2D eigenvalue weighted by molar-refractivity contribution is 5.91. The zero-order valence-corrected chi connectivity index (χ0v) is 17.4. The van der Waals surface area contributed by atoms with Crippen LogP contribution in [0.5, 0.6) is 0 Å². The van der Waals surface area contributed by atoms with E-state index in [4.69, 9.17) is 9.41 Å². The molecule has 3 aromatic rings. The Labute approximate surface area is 176 Å². The van der Waals surface area contributed by atoms with Crippen LogP contribution in [0.25, 0.3) is 10.9 Å². The van der Waals surface area contributed by atoms with Crippen LogP contribution in [0.15, 0.2) is 58.3 Å². The minimum Gasteiger partial charge on any atom is -0.459 e. The summed E-state index contributed by atoms with van der Waals surface area (Å²) < 4.78 is 5.24. The molecule has 0 spiro atoms. The zero-order valence-electron chi connectivity index (χ0n) is 17.4. The summed E-state index contributed by atoms with van der Waals surface area (Å²) in [5, 5.41) is 4.69. The lowest BCUT2D eigenvalue weighted by atomic mass is 10.1. The number of rotatable bonds is 6. The molecule has 0 radical (unpaired) electrons. The standard InChI is InChI=1S/C23H29N5O2/c1-2-24-23(25-11-5-7-18-17-26-20-9-4-3-8-19(18)20)28-14-12-27(13-15-28)22(29)21-10-6-16-30-21/h3-4,6,8-10,16-17,26H,2,5,7,11-15H2,1H3,(H,24,25). The number of aryl methyl sites for hydroxylation is 1. The van der Waals surface area contributed by atoms with Gasteiger partial charge in [0.15, 0.2) is 11.7 Å². The molecule has 0 unspecified atom stereocenters. The van der Waals surface area contributed by atoms with Crippen molar-refractivity contribution in [1.82, 2.24) is 20.1 Å². The number of benzene rings is 1. The number of fused-ring (bicyclic) bond motifs is 1. The summed E-state index contributed by atoms with van der Waals surface area (Å²) in [4.78, 5) is 24.7. The molecule has 1 fully saturated rings. The van der Waals surface area contributed by atoms with Crippen LogP contribution < -0.4 is 5.32 Å². The molecule has 1 aliphatic heterocycles. The molecule has 0 aliphatic carbocycles. The summed E-state index contributed by atoms with van der Waals surface area (Å²) in [5.41, 5.74) is 2.53. The van der Waals surface area contributed by atoms with Crippen molar-refractivity contribution >= 4 is 22.8 Å². The molecule has 7 nitrogen and oxygen atoms in total. The van der Waals surface area contributed by atoms with Crippen molar-refractivity contribution in [3.8, 4) is 0 Å². The largest absolute Gasteiger partial charge is 0.459 e. The van der Waals surface area contributed by atoms with E-state index >= 15 is 0 Å². The molecule has 1 aliphatic rings. The number of aliphatic imine (C=N–C) groups is 1. The first-order valence-electron chi connectivity index (χ1n) is 10.7. The number of carbonyl (C=O) groups excluding carboxylic acids is 1. The van der Waals surface area contributed by atoms with E-state index in [-0.39, 0.29) is 5.91 Å². The topological polar surface area (TPSA) is 76.9 Å². The summed E-state index contributed by atoms with van der Waals surface area (Å²) in [7, 11) is 0. The van der Waals surface area contributed by atoms with Gasteiger partial charge in [-0.15, -0.1) is 0 Å². The molecule has 2 aromatic heterocycles. The number of furan rings is 1. The van der Waals surface area contributed by atoms with Gasteiger partial charge in [0, 0.05) is 56.4 Å². The number of H-pyrrole nitrogens is 1. The number of guanidine groups is 1. The normalized spacial score (nSPS) is 15.0. The maximum atomic E-state index is 12.4. The second-order valence-corrected chi connectivity index (χ2v) is 7.46. The van der Waals surface area contributed by atoms with Crippen molar-refractivity contribution in [2.24, 2.45) is 4.99 Å². The first kappa shape index (κ1) is 20.1. The lowest BCUT2D eigenvalue weighted by Gasteiger charge is -2.36. The monoisotopic (exact) mass is 407 g/mol. The number of para-hydroxylation sites is 1. The lowest BCUT2D eigenvalue weighted by molar-refractivity contribution is 0.0657. The van der Waals surface area contributed by atoms with E-state index in [2.05, 4.69) is 52.6 Å². The molecular formula is C23H29N5O2. The third-order valence-electron chi connectivity index (χ3n) is 5.47. The van der Waals surface area contributed by atoms with Crippen LogP contribution in [0.1, 0.15) is 29.5 Å². The van der Waals surface area contributed by atoms with Gasteiger partial charge < -0.3 is 24.5 Å². The summed E-state index contributed by atoms with van der Waals surface area (Å²) >= 11 is 0. The summed E-state index contributed by atoms with van der Waals surface area (Å²) in [6, 6.07) is 11.9. The number of aromatic amines is 1. The van der Waals surface area contributed by atoms with E-state index in [1.807, 2.05) is 4.90 Å². The van der Waals surface area contributed by atoms with Crippen molar-refractivity contribution in [2.45, 2.75) is 19.8 Å². The molecule has 0 atom stereocenters. The highest BCUT2D eigenvalue weighted by Gasteiger charge is 2.25. The Morgan fingerprint density at radius 1 is 1.13 bits per heavy atom. The maximum Gasteiger partial charge on any atom is 0.289 e. The van der Waals surface area contributed by atoms with Gasteiger partial charge in [0.1, 0.15) is 0 Å². The van der Waals surface area contributed by atoms with Crippen molar-refractivity contribution in [3.05, 3.63) is 60.2 Å². The van der Waals surface area contributed by atoms with Crippen LogP contribution in [0.4, 0.5) is 0 Å². The highest BCUT2D eigenvalue weighted by Crippen LogP contribution is 2.19. The molecule has 1 saturated heterocycles. The average Bonchev–Trinajstić information content (AvgIpc) is 3.46. The quantitative estimate of drug-likeness (QED) is 0.374. The summed E-state index contributed by atoms with van der Waals surface area (Å²) in [6.45, 7) is 6.54. The minimum absolute atomic E-state index is 0.0414. The smallest absolute Gasteiger partial charge is 0.289 e. The van der Waals surface area contributed by atoms with E-state index in [0.29, 0.717) is 18.8 Å². The van der Waals surface area contributed by atoms with Crippen molar-refractivity contribution in [1.29, 1.82) is 0 Å². The Kier molecular flexibility index (Phi) is 6.37. The van der Waals surface area contributed by atoms with Gasteiger partial charge in [-0.2, -0.15) is 0 Å². The molecule has 7 heteroatoms. The van der Waals surface area contributed by atoms with Crippen LogP contribution in [-0.4, -0.2) is 65.9 Å². The first-order chi connectivity index (χ1) is 14.8. The predicted octanol–water partition coefficient (Wildman–Crippen LogP) is 3.12. The van der Waals surface area contributed by atoms with Gasteiger partial charge in [0.25, 0.3) is 5.91 Å². The highest BCUT2D eigenvalue weighted by atomic mass is 16.3. The molecule has 4 rings (SSSR count). The number of carbonyl (C=O) groups is 1. The Balaban J connectivity index is 1.30.